The van der Waals surface area contributed by atoms with Crippen LogP contribution >= 0.6 is 0 Å². The lowest BCUT2D eigenvalue weighted by Crippen LogP contribution is -2.73. The zero-order chi connectivity index (χ0) is 28.3. The van der Waals surface area contributed by atoms with Crippen molar-refractivity contribution in [3.8, 4) is 11.3 Å². The van der Waals surface area contributed by atoms with Crippen molar-refractivity contribution in [2.45, 2.75) is 75.7 Å². The Morgan fingerprint density at radius 3 is 2.52 bits per heavy atom. The number of nitrogens with zero attached hydrogens (tertiary/aromatic N) is 2. The Balaban J connectivity index is 1.24. The van der Waals surface area contributed by atoms with Gasteiger partial charge in [0, 0.05) is 32.3 Å². The zero-order valence-electron chi connectivity index (χ0n) is 23.0. The van der Waals surface area contributed by atoms with E-state index in [2.05, 4.69) is 10.2 Å². The largest absolute Gasteiger partial charge is 0.460 e. The lowest BCUT2D eigenvalue weighted by molar-refractivity contribution is -0.162. The molecule has 3 fully saturated rings. The highest BCUT2D eigenvalue weighted by Gasteiger charge is 2.53. The average molecular weight is 562 g/mol. The van der Waals surface area contributed by atoms with Gasteiger partial charge in [0.2, 0.25) is 11.8 Å². The minimum absolute atomic E-state index is 0.00700. The molecule has 1 aliphatic carbocycles. The predicted octanol–water partition coefficient (Wildman–Crippen LogP) is 5.24. The molecule has 1 unspecified atom stereocenters. The molecule has 2 aromatic rings. The van der Waals surface area contributed by atoms with Crippen LogP contribution in [0.1, 0.15) is 62.7 Å². The van der Waals surface area contributed by atoms with Crippen LogP contribution in [-0.4, -0.2) is 66.5 Å². The molecule has 1 aromatic heterocycles. The number of benzene rings is 1. The van der Waals surface area contributed by atoms with Gasteiger partial charge in [-0.3, -0.25) is 14.5 Å². The molecular weight excluding hydrogens is 523 g/mol. The Labute approximate surface area is 233 Å². The SMILES string of the molecule is COCCN1C(=O)C(CC2CCCCC2)NC(=O)C12CCN(Cc1ccc(-c3cccc(C(F)(F)F)c3)o1)CC2. The van der Waals surface area contributed by atoms with Gasteiger partial charge in [-0.2, -0.15) is 13.2 Å². The Hall–Kier alpha value is -2.85. The van der Waals surface area contributed by atoms with E-state index in [1.165, 1.54) is 25.3 Å². The maximum atomic E-state index is 13.7. The number of hydrogen-bond acceptors (Lipinski definition) is 5. The van der Waals surface area contributed by atoms with Gasteiger partial charge in [0.05, 0.1) is 18.7 Å². The standard InChI is InChI=1S/C30H38F3N3O4/c1-39-17-16-36-27(37)25(18-21-6-3-2-4-7-21)34-28(38)29(36)12-14-35(15-13-29)20-24-10-11-26(40-24)22-8-5-9-23(19-22)30(31,32)33/h5,8-11,19,21,25H,2-4,6-7,12-18,20H2,1H3,(H,34,38). The summed E-state index contributed by atoms with van der Waals surface area (Å²) in [4.78, 5) is 31.2. The Morgan fingerprint density at radius 2 is 1.82 bits per heavy atom. The molecule has 3 aliphatic rings. The summed E-state index contributed by atoms with van der Waals surface area (Å²) in [6.45, 7) is 2.37. The smallest absolute Gasteiger partial charge is 0.416 e. The number of piperidine rings is 1. The molecule has 2 saturated heterocycles. The number of methoxy groups -OCH3 is 1. The van der Waals surface area contributed by atoms with Crippen LogP contribution in [-0.2, 0) is 27.0 Å². The summed E-state index contributed by atoms with van der Waals surface area (Å²) in [7, 11) is 1.60. The second-order valence-electron chi connectivity index (χ2n) is 11.4. The summed E-state index contributed by atoms with van der Waals surface area (Å²) in [6.07, 6.45) is 3.09. The third-order valence-corrected chi connectivity index (χ3v) is 8.82. The van der Waals surface area contributed by atoms with Crippen molar-refractivity contribution in [3.05, 3.63) is 47.7 Å². The van der Waals surface area contributed by atoms with Gasteiger partial charge in [0.25, 0.3) is 0 Å². The van der Waals surface area contributed by atoms with Crippen LogP contribution in [0.25, 0.3) is 11.3 Å². The molecule has 1 N–H and O–H groups in total. The number of ether oxygens (including phenoxy) is 1. The van der Waals surface area contributed by atoms with Crippen molar-refractivity contribution in [2.24, 2.45) is 5.92 Å². The maximum absolute atomic E-state index is 13.7. The van der Waals surface area contributed by atoms with Gasteiger partial charge in [0.15, 0.2) is 0 Å². The summed E-state index contributed by atoms with van der Waals surface area (Å²) >= 11 is 0. The van der Waals surface area contributed by atoms with E-state index in [9.17, 15) is 22.8 Å². The first kappa shape index (κ1) is 28.7. The molecule has 1 aromatic carbocycles. The maximum Gasteiger partial charge on any atom is 0.416 e. The normalized spacial score (nSPS) is 22.6. The molecule has 1 atom stereocenters. The Kier molecular flexibility index (Phi) is 8.56. The molecule has 5 rings (SSSR count). The topological polar surface area (TPSA) is 75.0 Å². The van der Waals surface area contributed by atoms with Crippen molar-refractivity contribution in [2.75, 3.05) is 33.4 Å². The number of alkyl halides is 3. The molecule has 2 amide bonds. The van der Waals surface area contributed by atoms with Crippen LogP contribution in [0.15, 0.2) is 40.8 Å². The monoisotopic (exact) mass is 561 g/mol. The average Bonchev–Trinajstić information content (AvgIpc) is 3.41. The number of carbonyl (C=O) groups is 2. The van der Waals surface area contributed by atoms with Gasteiger partial charge in [-0.25, -0.2) is 0 Å². The van der Waals surface area contributed by atoms with Crippen LogP contribution in [0.5, 0.6) is 0 Å². The first-order valence-electron chi connectivity index (χ1n) is 14.3. The van der Waals surface area contributed by atoms with Crippen molar-refractivity contribution < 1.29 is 31.9 Å². The van der Waals surface area contributed by atoms with Crippen molar-refractivity contribution in [1.82, 2.24) is 15.1 Å². The van der Waals surface area contributed by atoms with Gasteiger partial charge < -0.3 is 19.4 Å². The predicted molar refractivity (Wildman–Crippen MR) is 143 cm³/mol. The molecule has 40 heavy (non-hydrogen) atoms. The first-order chi connectivity index (χ1) is 19.2. The van der Waals surface area contributed by atoms with Crippen molar-refractivity contribution in [1.29, 1.82) is 0 Å². The molecule has 218 valence electrons. The third kappa shape index (κ3) is 6.07. The quantitative estimate of drug-likeness (QED) is 0.477. The molecule has 1 saturated carbocycles. The number of halogens is 3. The molecule has 2 aliphatic heterocycles. The van der Waals surface area contributed by atoms with E-state index in [4.69, 9.17) is 9.15 Å². The second-order valence-corrected chi connectivity index (χ2v) is 11.4. The fraction of sp³-hybridized carbons (Fsp3) is 0.600. The van der Waals surface area contributed by atoms with Gasteiger partial charge in [0.1, 0.15) is 23.1 Å². The van der Waals surface area contributed by atoms with E-state index < -0.39 is 23.3 Å². The van der Waals surface area contributed by atoms with Crippen LogP contribution in [0.3, 0.4) is 0 Å². The van der Waals surface area contributed by atoms with E-state index in [0.29, 0.717) is 75.1 Å². The number of carbonyl (C=O) groups excluding carboxylic acids is 2. The number of rotatable bonds is 8. The van der Waals surface area contributed by atoms with E-state index in [1.54, 1.807) is 30.2 Å². The summed E-state index contributed by atoms with van der Waals surface area (Å²) < 4.78 is 50.6. The molecule has 0 bridgehead atoms. The van der Waals surface area contributed by atoms with Crippen LogP contribution in [0.4, 0.5) is 13.2 Å². The summed E-state index contributed by atoms with van der Waals surface area (Å²) in [5.41, 5.74) is -1.25. The first-order valence-corrected chi connectivity index (χ1v) is 14.3. The highest BCUT2D eigenvalue weighted by atomic mass is 19.4. The lowest BCUT2D eigenvalue weighted by atomic mass is 9.79. The van der Waals surface area contributed by atoms with E-state index in [1.807, 2.05) is 0 Å². The zero-order valence-corrected chi connectivity index (χ0v) is 23.0. The summed E-state index contributed by atoms with van der Waals surface area (Å²) in [5, 5.41) is 3.09. The molecule has 1 spiro atoms. The minimum Gasteiger partial charge on any atom is -0.460 e. The number of nitrogens with one attached hydrogen (secondary N) is 1. The number of furan rings is 1. The number of hydrogen-bond donors (Lipinski definition) is 1. The van der Waals surface area contributed by atoms with Gasteiger partial charge in [-0.1, -0.05) is 44.2 Å². The summed E-state index contributed by atoms with van der Waals surface area (Å²) in [6, 6.07) is 8.07. The highest BCUT2D eigenvalue weighted by Crippen LogP contribution is 2.37. The third-order valence-electron chi connectivity index (χ3n) is 8.82. The van der Waals surface area contributed by atoms with E-state index in [0.717, 1.165) is 25.0 Å². The minimum atomic E-state index is -4.42. The van der Waals surface area contributed by atoms with Crippen molar-refractivity contribution >= 4 is 11.8 Å². The van der Waals surface area contributed by atoms with Crippen LogP contribution in [0.2, 0.25) is 0 Å². The molecule has 3 heterocycles. The van der Waals surface area contributed by atoms with Gasteiger partial charge in [-0.15, -0.1) is 0 Å². The Morgan fingerprint density at radius 1 is 1.07 bits per heavy atom. The highest BCUT2D eigenvalue weighted by molar-refractivity contribution is 6.00. The molecular formula is C30H38F3N3O4. The molecule has 7 nitrogen and oxygen atoms in total. The molecule has 10 heteroatoms. The van der Waals surface area contributed by atoms with E-state index >= 15 is 0 Å². The van der Waals surface area contributed by atoms with Gasteiger partial charge in [-0.05, 0) is 49.4 Å². The summed E-state index contributed by atoms with van der Waals surface area (Å²) in [5.74, 6) is 1.40. The van der Waals surface area contributed by atoms with Crippen LogP contribution < -0.4 is 5.32 Å². The molecule has 0 radical (unpaired) electrons. The second kappa shape index (κ2) is 11.9. The van der Waals surface area contributed by atoms with Gasteiger partial charge >= 0.3 is 6.18 Å². The fourth-order valence-electron chi connectivity index (χ4n) is 6.56. The van der Waals surface area contributed by atoms with E-state index in [-0.39, 0.29) is 11.8 Å². The number of amides is 2. The number of likely N-dealkylation sites (tertiary alicyclic amines) is 1. The number of piperazine rings is 1. The van der Waals surface area contributed by atoms with Crippen molar-refractivity contribution in [3.63, 3.8) is 0 Å². The van der Waals surface area contributed by atoms with Crippen LogP contribution in [0, 0.1) is 5.92 Å². The Bertz CT molecular complexity index is 1180. The lowest BCUT2D eigenvalue weighted by Gasteiger charge is -2.52. The fourth-order valence-corrected chi connectivity index (χ4v) is 6.56.